The van der Waals surface area contributed by atoms with Crippen LogP contribution >= 0.6 is 11.5 Å². The Labute approximate surface area is 219 Å². The van der Waals surface area contributed by atoms with E-state index in [1.807, 2.05) is 44.2 Å². The van der Waals surface area contributed by atoms with Crippen molar-refractivity contribution in [3.8, 4) is 23.3 Å². The van der Waals surface area contributed by atoms with Gasteiger partial charge in [0.25, 0.3) is 11.1 Å². The second-order valence-corrected chi connectivity index (χ2v) is 10.4. The average Bonchev–Trinajstić information content (AvgIpc) is 3.36. The van der Waals surface area contributed by atoms with Crippen molar-refractivity contribution >= 4 is 38.5 Å². The van der Waals surface area contributed by atoms with Crippen LogP contribution in [0.25, 0.3) is 6.08 Å². The number of hydrogen-bond donors (Lipinski definition) is 1. The van der Waals surface area contributed by atoms with E-state index in [0.717, 1.165) is 22.8 Å². The lowest BCUT2D eigenvalue weighted by Crippen LogP contribution is -2.14. The maximum Gasteiger partial charge on any atom is 0.268 e. The fourth-order valence-electron chi connectivity index (χ4n) is 3.02. The number of hydrogen-bond acceptors (Lipinski definition) is 10. The number of carbonyl (C=O) groups excluding carboxylic acids is 1. The highest BCUT2D eigenvalue weighted by Gasteiger charge is 2.20. The molecule has 3 rings (SSSR count). The summed E-state index contributed by atoms with van der Waals surface area (Å²) >= 11 is 0.718. The van der Waals surface area contributed by atoms with Crippen LogP contribution in [-0.4, -0.2) is 49.3 Å². The van der Waals surface area contributed by atoms with Crippen molar-refractivity contribution in [1.82, 2.24) is 9.36 Å². The van der Waals surface area contributed by atoms with Gasteiger partial charge in [-0.1, -0.05) is 31.2 Å². The second-order valence-electron chi connectivity index (χ2n) is 7.51. The summed E-state index contributed by atoms with van der Waals surface area (Å²) in [6, 6.07) is 14.6. The van der Waals surface area contributed by atoms with E-state index < -0.39 is 15.7 Å². The normalized spacial score (nSPS) is 11.5. The molecule has 0 bridgehead atoms. The Balaban J connectivity index is 1.68. The second kappa shape index (κ2) is 12.8. The summed E-state index contributed by atoms with van der Waals surface area (Å²) in [6.07, 6.45) is 1.38. The molecule has 0 aliphatic carbocycles. The van der Waals surface area contributed by atoms with E-state index in [9.17, 15) is 18.5 Å². The van der Waals surface area contributed by atoms with Crippen LogP contribution in [0.5, 0.6) is 17.2 Å². The van der Waals surface area contributed by atoms with Gasteiger partial charge in [0, 0.05) is 11.5 Å². The lowest BCUT2D eigenvalue weighted by molar-refractivity contribution is -0.112. The number of carbonyl (C=O) groups is 1. The number of nitrogens with one attached hydrogen (secondary N) is 1. The fraction of sp³-hybridized carbons (Fsp3) is 0.280. The molecule has 0 radical (unpaired) electrons. The molecular weight excluding hydrogens is 516 g/mol. The van der Waals surface area contributed by atoms with E-state index in [1.165, 1.54) is 13.0 Å². The molecule has 1 amide bonds. The Morgan fingerprint density at radius 1 is 1.08 bits per heavy atom. The molecule has 3 aromatic rings. The van der Waals surface area contributed by atoms with E-state index in [2.05, 4.69) is 14.7 Å². The number of nitriles is 1. The maximum absolute atomic E-state index is 12.6. The summed E-state index contributed by atoms with van der Waals surface area (Å²) in [5.74, 6) is 0.820. The predicted octanol–water partition coefficient (Wildman–Crippen LogP) is 4.04. The van der Waals surface area contributed by atoms with Gasteiger partial charge in [-0.3, -0.25) is 10.1 Å². The van der Waals surface area contributed by atoms with E-state index in [4.69, 9.17) is 14.2 Å². The molecule has 2 aromatic carbocycles. The smallest absolute Gasteiger partial charge is 0.268 e. The maximum atomic E-state index is 12.6. The van der Waals surface area contributed by atoms with Crippen LogP contribution in [0.2, 0.25) is 0 Å². The Kier molecular flexibility index (Phi) is 9.59. The summed E-state index contributed by atoms with van der Waals surface area (Å²) in [5, 5.41) is 11.5. The van der Waals surface area contributed by atoms with Crippen LogP contribution in [-0.2, 0) is 14.6 Å². The van der Waals surface area contributed by atoms with Gasteiger partial charge in [0.05, 0.1) is 12.4 Å². The third-order valence-electron chi connectivity index (χ3n) is 4.92. The molecule has 1 N–H and O–H groups in total. The molecule has 10 nitrogen and oxygen atoms in total. The molecule has 1 aromatic heterocycles. The zero-order valence-corrected chi connectivity index (χ0v) is 22.2. The van der Waals surface area contributed by atoms with Gasteiger partial charge in [-0.2, -0.15) is 14.6 Å². The van der Waals surface area contributed by atoms with Gasteiger partial charge in [-0.15, -0.1) is 0 Å². The molecule has 1 heterocycles. The Bertz CT molecular complexity index is 1430. The van der Waals surface area contributed by atoms with Crippen molar-refractivity contribution in [1.29, 1.82) is 5.26 Å². The number of sulfone groups is 1. The van der Waals surface area contributed by atoms with Crippen molar-refractivity contribution in [3.63, 3.8) is 0 Å². The molecular formula is C25H26N4O6S2. The minimum absolute atomic E-state index is 0.0233. The molecule has 12 heteroatoms. The van der Waals surface area contributed by atoms with Crippen LogP contribution < -0.4 is 19.5 Å². The molecule has 0 fully saturated rings. The minimum atomic E-state index is -3.60. The highest BCUT2D eigenvalue weighted by Crippen LogP contribution is 2.30. The van der Waals surface area contributed by atoms with Gasteiger partial charge in [0.1, 0.15) is 30.6 Å². The third-order valence-corrected chi connectivity index (χ3v) is 7.17. The van der Waals surface area contributed by atoms with Crippen LogP contribution in [0.1, 0.15) is 25.0 Å². The highest BCUT2D eigenvalue weighted by atomic mass is 32.2. The van der Waals surface area contributed by atoms with Gasteiger partial charge >= 0.3 is 0 Å². The van der Waals surface area contributed by atoms with Gasteiger partial charge in [0.2, 0.25) is 15.0 Å². The molecule has 0 saturated carbocycles. The van der Waals surface area contributed by atoms with Crippen LogP contribution in [0, 0.1) is 18.3 Å². The topological polar surface area (TPSA) is 140 Å². The summed E-state index contributed by atoms with van der Waals surface area (Å²) in [4.78, 5) is 16.4. The number of anilines is 1. The number of aryl methyl sites for hydroxylation is 1. The summed E-state index contributed by atoms with van der Waals surface area (Å²) in [6.45, 7) is 6.27. The third kappa shape index (κ3) is 7.52. The van der Waals surface area contributed by atoms with E-state index in [1.54, 1.807) is 18.2 Å². The van der Waals surface area contributed by atoms with E-state index in [-0.39, 0.29) is 28.2 Å². The molecule has 0 saturated heterocycles. The van der Waals surface area contributed by atoms with Gasteiger partial charge in [-0.05, 0) is 49.2 Å². The first-order valence-electron chi connectivity index (χ1n) is 11.3. The Morgan fingerprint density at radius 3 is 2.49 bits per heavy atom. The molecule has 0 spiro atoms. The van der Waals surface area contributed by atoms with Crippen molar-refractivity contribution in [2.75, 3.05) is 30.9 Å². The first-order chi connectivity index (χ1) is 17.8. The molecule has 0 aliphatic heterocycles. The van der Waals surface area contributed by atoms with Crippen molar-refractivity contribution in [3.05, 3.63) is 59.2 Å². The van der Waals surface area contributed by atoms with Gasteiger partial charge in [-0.25, -0.2) is 8.42 Å². The van der Waals surface area contributed by atoms with Gasteiger partial charge in [0.15, 0.2) is 11.5 Å². The number of rotatable bonds is 12. The lowest BCUT2D eigenvalue weighted by atomic mass is 10.1. The standard InChI is InChI=1S/C25H26N4O6S2/c1-4-33-22-15-18(10-11-21(22)35-13-12-34-20-9-7-6-8-17(20)3)14-19(16-26)23(30)27-24-28-25(29-36-24)37(31,32)5-2/h6-11,14-15H,4-5,12-13H2,1-3H3,(H,27,28,29,30)/b19-14-. The summed E-state index contributed by atoms with van der Waals surface area (Å²) in [7, 11) is -3.60. The quantitative estimate of drug-likeness (QED) is 0.204. The molecule has 0 aliphatic rings. The van der Waals surface area contributed by atoms with Crippen molar-refractivity contribution in [2.24, 2.45) is 0 Å². The first-order valence-corrected chi connectivity index (χ1v) is 13.8. The number of amides is 1. The number of para-hydroxylation sites is 1. The van der Waals surface area contributed by atoms with Crippen LogP contribution in [0.15, 0.2) is 53.2 Å². The fourth-order valence-corrected chi connectivity index (χ4v) is 4.60. The Hall–Kier alpha value is -3.95. The Morgan fingerprint density at radius 2 is 1.81 bits per heavy atom. The van der Waals surface area contributed by atoms with Crippen molar-refractivity contribution in [2.45, 2.75) is 25.9 Å². The monoisotopic (exact) mass is 542 g/mol. The largest absolute Gasteiger partial charge is 0.490 e. The SMILES string of the molecule is CCOc1cc(/C=C(/C#N)C(=O)Nc2nc(S(=O)(=O)CC)ns2)ccc1OCCOc1ccccc1C. The zero-order valence-electron chi connectivity index (χ0n) is 20.6. The highest BCUT2D eigenvalue weighted by molar-refractivity contribution is 7.91. The van der Waals surface area contributed by atoms with Crippen LogP contribution in [0.3, 0.4) is 0 Å². The van der Waals surface area contributed by atoms with E-state index >= 15 is 0 Å². The molecule has 0 unspecified atom stereocenters. The van der Waals surface area contributed by atoms with Crippen molar-refractivity contribution < 1.29 is 27.4 Å². The van der Waals surface area contributed by atoms with Gasteiger partial charge < -0.3 is 14.2 Å². The number of aromatic nitrogens is 2. The van der Waals surface area contributed by atoms with E-state index in [0.29, 0.717) is 30.3 Å². The molecule has 194 valence electrons. The van der Waals surface area contributed by atoms with Crippen LogP contribution in [0.4, 0.5) is 5.13 Å². The molecule has 37 heavy (non-hydrogen) atoms. The molecule has 0 atom stereocenters. The predicted molar refractivity (Wildman–Crippen MR) is 140 cm³/mol. The first kappa shape index (κ1) is 27.6. The average molecular weight is 543 g/mol. The number of ether oxygens (including phenoxy) is 3. The lowest BCUT2D eigenvalue weighted by Gasteiger charge is -2.14. The number of nitrogens with zero attached hydrogens (tertiary/aromatic N) is 3. The summed E-state index contributed by atoms with van der Waals surface area (Å²) < 4.78 is 44.8. The minimum Gasteiger partial charge on any atom is -0.490 e. The zero-order chi connectivity index (χ0) is 26.8. The summed E-state index contributed by atoms with van der Waals surface area (Å²) in [5.41, 5.74) is 1.35. The number of benzene rings is 2.